The third kappa shape index (κ3) is 4.02. The van der Waals surface area contributed by atoms with Crippen LogP contribution < -0.4 is 4.72 Å². The van der Waals surface area contributed by atoms with Gasteiger partial charge in [0.25, 0.3) is 0 Å². The van der Waals surface area contributed by atoms with Crippen molar-refractivity contribution in [1.82, 2.24) is 9.71 Å². The van der Waals surface area contributed by atoms with E-state index in [1.165, 1.54) is 18.5 Å². The Morgan fingerprint density at radius 2 is 2.35 bits per heavy atom. The van der Waals surface area contributed by atoms with Gasteiger partial charge in [0.15, 0.2) is 0 Å². The van der Waals surface area contributed by atoms with E-state index in [0.717, 1.165) is 6.42 Å². The second kappa shape index (κ2) is 6.81. The number of nitrogens with zero attached hydrogens (tertiary/aromatic N) is 1. The number of sulfonamides is 1. The molecule has 2 N–H and O–H groups in total. The van der Waals surface area contributed by atoms with E-state index in [0.29, 0.717) is 25.3 Å². The van der Waals surface area contributed by atoms with Crippen molar-refractivity contribution >= 4 is 10.0 Å². The third-order valence-electron chi connectivity index (χ3n) is 2.92. The summed E-state index contributed by atoms with van der Waals surface area (Å²) in [4.78, 5) is 3.93. The molecule has 6 nitrogen and oxygen atoms in total. The molecule has 2 rings (SSSR count). The van der Waals surface area contributed by atoms with Gasteiger partial charge < -0.3 is 9.84 Å². The van der Waals surface area contributed by atoms with Crippen molar-refractivity contribution in [2.45, 2.75) is 11.3 Å². The normalized spacial score (nSPS) is 18.6. The summed E-state index contributed by atoms with van der Waals surface area (Å²) in [6.45, 7) is 1.34. The smallest absolute Gasteiger partial charge is 0.242 e. The summed E-state index contributed by atoms with van der Waals surface area (Å²) < 4.78 is 32.0. The van der Waals surface area contributed by atoms with Crippen LogP contribution in [0.1, 0.15) is 12.0 Å². The van der Waals surface area contributed by atoms with Gasteiger partial charge in [0, 0.05) is 31.1 Å². The molecule has 2 heterocycles. The van der Waals surface area contributed by atoms with E-state index in [1.54, 1.807) is 0 Å². The molecular weight excluding hydrogens is 280 g/mol. The van der Waals surface area contributed by atoms with Gasteiger partial charge in [0.1, 0.15) is 11.5 Å². The van der Waals surface area contributed by atoms with Crippen molar-refractivity contribution < 1.29 is 18.3 Å². The molecule has 1 aromatic heterocycles. The number of aliphatic hydroxyl groups excluding tert-OH is 1. The molecule has 1 unspecified atom stereocenters. The molecule has 1 atom stereocenters. The quantitative estimate of drug-likeness (QED) is 0.747. The molecule has 0 aliphatic carbocycles. The van der Waals surface area contributed by atoms with Crippen molar-refractivity contribution in [2.24, 2.45) is 5.92 Å². The van der Waals surface area contributed by atoms with Crippen molar-refractivity contribution in [3.8, 4) is 11.8 Å². The van der Waals surface area contributed by atoms with E-state index >= 15 is 0 Å². The fourth-order valence-electron chi connectivity index (χ4n) is 1.83. The van der Waals surface area contributed by atoms with E-state index in [-0.39, 0.29) is 17.4 Å². The predicted octanol–water partition coefficient (Wildman–Crippen LogP) is -0.260. The van der Waals surface area contributed by atoms with Crippen LogP contribution in [-0.2, 0) is 14.8 Å². The molecule has 0 aromatic carbocycles. The largest absolute Gasteiger partial charge is 0.384 e. The van der Waals surface area contributed by atoms with E-state index in [1.807, 2.05) is 0 Å². The zero-order chi connectivity index (χ0) is 14.4. The van der Waals surface area contributed by atoms with Gasteiger partial charge in [-0.3, -0.25) is 4.98 Å². The second-order valence-electron chi connectivity index (χ2n) is 4.45. The number of aromatic nitrogens is 1. The minimum Gasteiger partial charge on any atom is -0.384 e. The van der Waals surface area contributed by atoms with Gasteiger partial charge >= 0.3 is 0 Å². The first-order chi connectivity index (χ1) is 9.62. The molecule has 1 aliphatic rings. The Balaban J connectivity index is 2.08. The minimum absolute atomic E-state index is 0.0705. The summed E-state index contributed by atoms with van der Waals surface area (Å²) in [5.74, 6) is 5.30. The van der Waals surface area contributed by atoms with Crippen LogP contribution in [0, 0.1) is 17.8 Å². The fraction of sp³-hybridized carbons (Fsp3) is 0.462. The lowest BCUT2D eigenvalue weighted by atomic mass is 10.1. The predicted molar refractivity (Wildman–Crippen MR) is 72.3 cm³/mol. The Morgan fingerprint density at radius 3 is 3.05 bits per heavy atom. The zero-order valence-electron chi connectivity index (χ0n) is 10.9. The van der Waals surface area contributed by atoms with Crippen LogP contribution in [0.5, 0.6) is 0 Å². The molecule has 1 aromatic rings. The minimum atomic E-state index is -3.59. The highest BCUT2D eigenvalue weighted by atomic mass is 32.2. The van der Waals surface area contributed by atoms with Gasteiger partial charge in [-0.25, -0.2) is 13.1 Å². The van der Waals surface area contributed by atoms with Crippen LogP contribution in [0.25, 0.3) is 0 Å². The Labute approximate surface area is 118 Å². The fourth-order valence-corrected chi connectivity index (χ4v) is 2.93. The summed E-state index contributed by atoms with van der Waals surface area (Å²) in [5, 5.41) is 8.63. The summed E-state index contributed by atoms with van der Waals surface area (Å²) in [6, 6.07) is 1.43. The number of ether oxygens (including phenoxy) is 1. The van der Waals surface area contributed by atoms with Gasteiger partial charge in [-0.15, -0.1) is 0 Å². The summed E-state index contributed by atoms with van der Waals surface area (Å²) in [7, 11) is -3.59. The first kappa shape index (κ1) is 14.9. The highest BCUT2D eigenvalue weighted by Gasteiger charge is 2.20. The zero-order valence-corrected chi connectivity index (χ0v) is 11.7. The third-order valence-corrected chi connectivity index (χ3v) is 4.31. The summed E-state index contributed by atoms with van der Waals surface area (Å²) in [6.07, 6.45) is 3.59. The standard InChI is InChI=1S/C13H16N2O4S/c16-4-1-2-11-6-13(9-14-7-11)20(17,18)15-8-12-3-5-19-10-12/h6-7,9,12,15-16H,3-5,8,10H2. The molecule has 0 radical (unpaired) electrons. The number of pyridine rings is 1. The Hall–Kier alpha value is -1.46. The van der Waals surface area contributed by atoms with Crippen molar-refractivity contribution in [3.05, 3.63) is 24.0 Å². The molecule has 1 aliphatic heterocycles. The molecule has 1 fully saturated rings. The Kier molecular flexibility index (Phi) is 5.09. The lowest BCUT2D eigenvalue weighted by Gasteiger charge is -2.10. The first-order valence-corrected chi connectivity index (χ1v) is 7.72. The molecule has 1 saturated heterocycles. The van der Waals surface area contributed by atoms with Gasteiger partial charge in [-0.1, -0.05) is 11.8 Å². The highest BCUT2D eigenvalue weighted by Crippen LogP contribution is 2.13. The van der Waals surface area contributed by atoms with Gasteiger partial charge in [0.05, 0.1) is 6.61 Å². The first-order valence-electron chi connectivity index (χ1n) is 6.24. The monoisotopic (exact) mass is 296 g/mol. The van der Waals surface area contributed by atoms with Crippen LogP contribution in [0.15, 0.2) is 23.4 Å². The van der Waals surface area contributed by atoms with E-state index in [9.17, 15) is 8.42 Å². The van der Waals surface area contributed by atoms with Crippen LogP contribution in [0.3, 0.4) is 0 Å². The van der Waals surface area contributed by atoms with Gasteiger partial charge in [-0.2, -0.15) is 0 Å². The molecule has 0 amide bonds. The van der Waals surface area contributed by atoms with Crippen LogP contribution >= 0.6 is 0 Å². The van der Waals surface area contributed by atoms with Gasteiger partial charge in [0.2, 0.25) is 10.0 Å². The van der Waals surface area contributed by atoms with E-state index < -0.39 is 10.0 Å². The number of hydrogen-bond donors (Lipinski definition) is 2. The maximum atomic E-state index is 12.1. The average Bonchev–Trinajstić information content (AvgIpc) is 2.97. The number of rotatable bonds is 4. The van der Waals surface area contributed by atoms with Gasteiger partial charge in [-0.05, 0) is 18.4 Å². The molecule has 7 heteroatoms. The van der Waals surface area contributed by atoms with E-state index in [4.69, 9.17) is 9.84 Å². The maximum Gasteiger partial charge on any atom is 0.242 e. The van der Waals surface area contributed by atoms with Crippen molar-refractivity contribution in [2.75, 3.05) is 26.4 Å². The second-order valence-corrected chi connectivity index (χ2v) is 6.22. The number of aliphatic hydroxyl groups is 1. The molecule has 108 valence electrons. The SMILES string of the molecule is O=S(=O)(NCC1CCOC1)c1cncc(C#CCO)c1. The lowest BCUT2D eigenvalue weighted by molar-refractivity contribution is 0.186. The van der Waals surface area contributed by atoms with Crippen molar-refractivity contribution in [3.63, 3.8) is 0 Å². The molecule has 0 saturated carbocycles. The summed E-state index contributed by atoms with van der Waals surface area (Å²) >= 11 is 0. The summed E-state index contributed by atoms with van der Waals surface area (Å²) in [5.41, 5.74) is 0.450. The lowest BCUT2D eigenvalue weighted by Crippen LogP contribution is -2.29. The average molecular weight is 296 g/mol. The molecular formula is C13H16N2O4S. The van der Waals surface area contributed by atoms with Crippen LogP contribution in [0.4, 0.5) is 0 Å². The molecule has 20 heavy (non-hydrogen) atoms. The maximum absolute atomic E-state index is 12.1. The highest BCUT2D eigenvalue weighted by molar-refractivity contribution is 7.89. The van der Waals surface area contributed by atoms with E-state index in [2.05, 4.69) is 21.5 Å². The molecule has 0 spiro atoms. The Morgan fingerprint density at radius 1 is 1.50 bits per heavy atom. The number of hydrogen-bond acceptors (Lipinski definition) is 5. The molecule has 0 bridgehead atoms. The van der Waals surface area contributed by atoms with Crippen molar-refractivity contribution in [1.29, 1.82) is 0 Å². The van der Waals surface area contributed by atoms with Crippen LogP contribution in [-0.4, -0.2) is 44.9 Å². The van der Waals surface area contributed by atoms with Crippen LogP contribution in [0.2, 0.25) is 0 Å². The number of nitrogens with one attached hydrogen (secondary N) is 1. The Bertz CT molecular complexity index is 613. The topological polar surface area (TPSA) is 88.5 Å².